The molecule has 0 aliphatic heterocycles. The molecule has 0 spiro atoms. The highest BCUT2D eigenvalue weighted by atomic mass is 16.5. The highest BCUT2D eigenvalue weighted by Gasteiger charge is 2.34. The Hall–Kier alpha value is -3.33. The maximum atomic E-state index is 13.9. The number of carbonyl (C=O) groups excluding carboxylic acids is 1. The minimum Gasteiger partial charge on any atom is -0.496 e. The highest BCUT2D eigenvalue weighted by molar-refractivity contribution is 6.14. The molecule has 5 rings (SSSR count). The molecule has 0 bridgehead atoms. The molecular weight excluding hydrogens is 432 g/mol. The lowest BCUT2D eigenvalue weighted by Gasteiger charge is -2.36. The first-order valence-electron chi connectivity index (χ1n) is 12.8. The van der Waals surface area contributed by atoms with Crippen molar-refractivity contribution in [3.05, 3.63) is 78.4 Å². The number of esters is 1. The van der Waals surface area contributed by atoms with E-state index in [1.807, 2.05) is 42.5 Å². The maximum absolute atomic E-state index is 13.9. The minimum atomic E-state index is -0.245. The van der Waals surface area contributed by atoms with Gasteiger partial charge in [-0.05, 0) is 64.3 Å². The summed E-state index contributed by atoms with van der Waals surface area (Å²) in [5.41, 5.74) is 2.41. The first kappa shape index (κ1) is 23.4. The summed E-state index contributed by atoms with van der Waals surface area (Å²) in [5.74, 6) is 1.95. The summed E-state index contributed by atoms with van der Waals surface area (Å²) in [4.78, 5) is 13.9. The molecule has 0 heterocycles. The van der Waals surface area contributed by atoms with Crippen LogP contribution < -0.4 is 4.74 Å². The summed E-state index contributed by atoms with van der Waals surface area (Å²) in [6, 6.07) is 24.5. The summed E-state index contributed by atoms with van der Waals surface area (Å²) in [6.45, 7) is 6.74. The Morgan fingerprint density at radius 3 is 2.11 bits per heavy atom. The molecule has 1 saturated carbocycles. The van der Waals surface area contributed by atoms with Gasteiger partial charge in [0.25, 0.3) is 0 Å². The zero-order valence-corrected chi connectivity index (χ0v) is 21.1. The van der Waals surface area contributed by atoms with Gasteiger partial charge in [0.2, 0.25) is 0 Å². The van der Waals surface area contributed by atoms with E-state index in [0.29, 0.717) is 23.3 Å². The topological polar surface area (TPSA) is 35.5 Å². The molecule has 0 saturated heterocycles. The zero-order chi connectivity index (χ0) is 24.5. The van der Waals surface area contributed by atoms with Gasteiger partial charge < -0.3 is 9.47 Å². The van der Waals surface area contributed by atoms with E-state index in [0.717, 1.165) is 51.3 Å². The van der Waals surface area contributed by atoms with Crippen LogP contribution in [0.1, 0.15) is 50.4 Å². The Bertz CT molecular complexity index is 1370. The second-order valence-corrected chi connectivity index (χ2v) is 10.3. The molecule has 0 N–H and O–H groups in total. The monoisotopic (exact) mass is 466 g/mol. The molecule has 4 aromatic rings. The van der Waals surface area contributed by atoms with Crippen LogP contribution in [-0.4, -0.2) is 19.2 Å². The molecule has 3 atom stereocenters. The number of methoxy groups -OCH3 is 1. The van der Waals surface area contributed by atoms with Crippen LogP contribution in [0.3, 0.4) is 0 Å². The Balaban J connectivity index is 1.69. The summed E-state index contributed by atoms with van der Waals surface area (Å²) in [6.07, 6.45) is 3.18. The molecule has 4 aromatic carbocycles. The number of carbonyl (C=O) groups is 1. The standard InChI is InChI=1S/C32H34O3/c1-20(2)24-16-13-21(3)19-29(24)35-32(33)27-17-14-22-9-5-7-11-25(22)30(27)31-26-12-8-6-10-23(26)15-18-28(31)34-4/h5-12,14-15,17-18,20-21,24,29H,13,16,19H2,1-4H3/t21-,24?,29?/m0/s1. The predicted molar refractivity (Wildman–Crippen MR) is 144 cm³/mol. The average molecular weight is 467 g/mol. The number of fused-ring (bicyclic) bond motifs is 2. The van der Waals surface area contributed by atoms with E-state index in [1.165, 1.54) is 6.42 Å². The predicted octanol–water partition coefficient (Wildman–Crippen LogP) is 8.29. The van der Waals surface area contributed by atoms with Crippen LogP contribution in [0.15, 0.2) is 72.8 Å². The number of rotatable bonds is 5. The number of ether oxygens (including phenoxy) is 2. The lowest BCUT2D eigenvalue weighted by atomic mass is 9.75. The minimum absolute atomic E-state index is 0.0556. The second kappa shape index (κ2) is 9.73. The van der Waals surface area contributed by atoms with E-state index in [4.69, 9.17) is 9.47 Å². The number of hydrogen-bond acceptors (Lipinski definition) is 3. The second-order valence-electron chi connectivity index (χ2n) is 10.3. The fourth-order valence-electron chi connectivity index (χ4n) is 5.84. The first-order chi connectivity index (χ1) is 17.0. The molecule has 1 aliphatic carbocycles. The van der Waals surface area contributed by atoms with Gasteiger partial charge in [0.1, 0.15) is 11.9 Å². The Labute approximate surface area is 208 Å². The smallest absolute Gasteiger partial charge is 0.339 e. The third-order valence-electron chi connectivity index (χ3n) is 7.73. The summed E-state index contributed by atoms with van der Waals surface area (Å²) >= 11 is 0. The van der Waals surface area contributed by atoms with Gasteiger partial charge in [-0.15, -0.1) is 0 Å². The summed E-state index contributed by atoms with van der Waals surface area (Å²) < 4.78 is 12.2. The van der Waals surface area contributed by atoms with Crippen molar-refractivity contribution in [2.45, 2.75) is 46.1 Å². The molecule has 3 heteroatoms. The molecule has 35 heavy (non-hydrogen) atoms. The van der Waals surface area contributed by atoms with Crippen LogP contribution in [0.25, 0.3) is 32.7 Å². The van der Waals surface area contributed by atoms with Crippen molar-refractivity contribution in [3.8, 4) is 16.9 Å². The average Bonchev–Trinajstić information content (AvgIpc) is 2.87. The highest BCUT2D eigenvalue weighted by Crippen LogP contribution is 2.43. The molecule has 0 radical (unpaired) electrons. The largest absolute Gasteiger partial charge is 0.496 e. The first-order valence-corrected chi connectivity index (χ1v) is 12.8. The number of benzene rings is 4. The molecule has 3 nitrogen and oxygen atoms in total. The molecule has 0 aromatic heterocycles. The van der Waals surface area contributed by atoms with Gasteiger partial charge in [0.15, 0.2) is 0 Å². The van der Waals surface area contributed by atoms with Gasteiger partial charge in [0, 0.05) is 11.1 Å². The van der Waals surface area contributed by atoms with Gasteiger partial charge >= 0.3 is 5.97 Å². The third kappa shape index (κ3) is 4.40. The molecule has 1 aliphatic rings. The van der Waals surface area contributed by atoms with Crippen molar-refractivity contribution in [1.29, 1.82) is 0 Å². The number of hydrogen-bond donors (Lipinski definition) is 0. The lowest BCUT2D eigenvalue weighted by Crippen LogP contribution is -2.36. The fourth-order valence-corrected chi connectivity index (χ4v) is 5.84. The lowest BCUT2D eigenvalue weighted by molar-refractivity contribution is -0.0173. The van der Waals surface area contributed by atoms with Crippen molar-refractivity contribution >= 4 is 27.5 Å². The van der Waals surface area contributed by atoms with Crippen molar-refractivity contribution in [2.24, 2.45) is 17.8 Å². The molecule has 180 valence electrons. The van der Waals surface area contributed by atoms with Crippen LogP contribution in [0, 0.1) is 17.8 Å². The molecule has 2 unspecified atom stereocenters. The van der Waals surface area contributed by atoms with Crippen LogP contribution in [0.2, 0.25) is 0 Å². The zero-order valence-electron chi connectivity index (χ0n) is 21.1. The van der Waals surface area contributed by atoms with Gasteiger partial charge in [-0.2, -0.15) is 0 Å². The van der Waals surface area contributed by atoms with Crippen molar-refractivity contribution in [3.63, 3.8) is 0 Å². The van der Waals surface area contributed by atoms with E-state index in [9.17, 15) is 4.79 Å². The molecule has 1 fully saturated rings. The van der Waals surface area contributed by atoms with Gasteiger partial charge in [-0.3, -0.25) is 0 Å². The normalized spacial score (nSPS) is 20.3. The van der Waals surface area contributed by atoms with Crippen LogP contribution in [0.5, 0.6) is 5.75 Å². The van der Waals surface area contributed by atoms with Crippen LogP contribution >= 0.6 is 0 Å². The van der Waals surface area contributed by atoms with Crippen LogP contribution in [-0.2, 0) is 4.74 Å². The quantitative estimate of drug-likeness (QED) is 0.278. The van der Waals surface area contributed by atoms with Gasteiger partial charge in [0.05, 0.1) is 12.7 Å². The van der Waals surface area contributed by atoms with Crippen LogP contribution in [0.4, 0.5) is 0 Å². The Morgan fingerprint density at radius 2 is 1.46 bits per heavy atom. The summed E-state index contributed by atoms with van der Waals surface area (Å²) in [5, 5.41) is 4.27. The van der Waals surface area contributed by atoms with E-state index >= 15 is 0 Å². The van der Waals surface area contributed by atoms with Gasteiger partial charge in [-0.25, -0.2) is 4.79 Å². The molecule has 0 amide bonds. The van der Waals surface area contributed by atoms with E-state index < -0.39 is 0 Å². The van der Waals surface area contributed by atoms with Crippen molar-refractivity contribution in [2.75, 3.05) is 7.11 Å². The fraction of sp³-hybridized carbons (Fsp3) is 0.344. The Kier molecular flexibility index (Phi) is 6.51. The van der Waals surface area contributed by atoms with Crippen molar-refractivity contribution < 1.29 is 14.3 Å². The molecular formula is C32H34O3. The van der Waals surface area contributed by atoms with E-state index in [1.54, 1.807) is 7.11 Å². The van der Waals surface area contributed by atoms with Gasteiger partial charge in [-0.1, -0.05) is 87.9 Å². The third-order valence-corrected chi connectivity index (χ3v) is 7.73. The van der Waals surface area contributed by atoms with E-state index in [2.05, 4.69) is 51.1 Å². The summed E-state index contributed by atoms with van der Waals surface area (Å²) in [7, 11) is 1.69. The maximum Gasteiger partial charge on any atom is 0.339 e. The van der Waals surface area contributed by atoms with Crippen molar-refractivity contribution in [1.82, 2.24) is 0 Å². The van der Waals surface area contributed by atoms with E-state index in [-0.39, 0.29) is 12.1 Å². The Morgan fingerprint density at radius 1 is 0.829 bits per heavy atom. The SMILES string of the molecule is COc1ccc2ccccc2c1-c1c(C(=O)OC2C[C@@H](C)CCC2C(C)C)ccc2ccccc12.